The van der Waals surface area contributed by atoms with Crippen LogP contribution in [0.2, 0.25) is 10.0 Å². The van der Waals surface area contributed by atoms with Crippen LogP contribution >= 0.6 is 23.2 Å². The monoisotopic (exact) mass is 425 g/mol. The van der Waals surface area contributed by atoms with E-state index < -0.39 is 5.97 Å². The summed E-state index contributed by atoms with van der Waals surface area (Å²) in [4.78, 5) is 27.3. The number of amides is 1. The number of aromatic amines is 1. The van der Waals surface area contributed by atoms with Gasteiger partial charge < -0.3 is 11.5 Å². The second-order valence-electron chi connectivity index (χ2n) is 6.01. The molecule has 0 bridgehead atoms. The number of halogens is 2. The quantitative estimate of drug-likeness (QED) is 0.435. The van der Waals surface area contributed by atoms with Crippen molar-refractivity contribution >= 4 is 57.7 Å². The molecule has 1 aliphatic heterocycles. The Morgan fingerprint density at radius 3 is 2.61 bits per heavy atom. The van der Waals surface area contributed by atoms with E-state index in [2.05, 4.69) is 10.4 Å². The van der Waals surface area contributed by atoms with E-state index in [-0.39, 0.29) is 49.1 Å². The van der Waals surface area contributed by atoms with Gasteiger partial charge in [-0.15, -0.1) is 0 Å². The number of benzene rings is 2. The van der Waals surface area contributed by atoms with Gasteiger partial charge in [-0.05, 0) is 30.3 Å². The Bertz CT molecular complexity index is 1120. The summed E-state index contributed by atoms with van der Waals surface area (Å²) in [6.45, 7) is 0.269. The molecule has 0 spiro atoms. The number of carbonyl (C=O) groups excluding carboxylic acids is 1. The SMILES string of the molecule is O=C(O)c1[nH]c2cc(Cl)cc(Cl)c2c1/C=C1/CNN(c2ccccc2)C1=O.[H-].[Na+]. The fraction of sp³-hybridized carbons (Fsp3) is 0.0526. The number of para-hydroxylation sites is 1. The first-order valence-corrected chi connectivity index (χ1v) is 8.79. The largest absolute Gasteiger partial charge is 1.00 e. The molecule has 138 valence electrons. The first-order valence-electron chi connectivity index (χ1n) is 8.03. The molecule has 1 aliphatic rings. The summed E-state index contributed by atoms with van der Waals surface area (Å²) in [6.07, 6.45) is 1.56. The molecule has 3 N–H and O–H groups in total. The minimum Gasteiger partial charge on any atom is -1.00 e. The molecule has 4 rings (SSSR count). The van der Waals surface area contributed by atoms with Crippen LogP contribution < -0.4 is 40.0 Å². The van der Waals surface area contributed by atoms with Gasteiger partial charge in [0.15, 0.2) is 0 Å². The minimum atomic E-state index is -1.15. The van der Waals surface area contributed by atoms with Gasteiger partial charge in [-0.1, -0.05) is 41.4 Å². The Morgan fingerprint density at radius 1 is 1.21 bits per heavy atom. The number of fused-ring (bicyclic) bond motifs is 1. The average Bonchev–Trinajstić information content (AvgIpc) is 3.17. The van der Waals surface area contributed by atoms with Crippen molar-refractivity contribution in [2.24, 2.45) is 0 Å². The number of hydrogen-bond donors (Lipinski definition) is 3. The second-order valence-corrected chi connectivity index (χ2v) is 6.85. The van der Waals surface area contributed by atoms with Crippen LogP contribution in [0.1, 0.15) is 17.5 Å². The Balaban J connectivity index is 0.00000150. The van der Waals surface area contributed by atoms with Gasteiger partial charge in [-0.2, -0.15) is 0 Å². The molecular formula is C19H14Cl2N3NaO3. The maximum atomic E-state index is 12.8. The predicted molar refractivity (Wildman–Crippen MR) is 106 cm³/mol. The van der Waals surface area contributed by atoms with E-state index >= 15 is 0 Å². The summed E-state index contributed by atoms with van der Waals surface area (Å²) in [6, 6.07) is 12.3. The molecule has 1 aromatic heterocycles. The van der Waals surface area contributed by atoms with Crippen molar-refractivity contribution in [1.29, 1.82) is 0 Å². The standard InChI is InChI=1S/C19H13Cl2N3O3.Na.H/c20-11-7-14(21)16-13(17(19(26)27)23-15(16)8-11)6-10-9-22-24(18(10)25)12-4-2-1-3-5-12;;/h1-8,22-23H,9H2,(H,26,27);;/q;+1;-1/b10-6-;;. The Morgan fingerprint density at radius 2 is 1.93 bits per heavy atom. The summed E-state index contributed by atoms with van der Waals surface area (Å²) >= 11 is 12.3. The number of nitrogens with zero attached hydrogens (tertiary/aromatic N) is 1. The number of H-pyrrole nitrogens is 1. The molecule has 1 fully saturated rings. The van der Waals surface area contributed by atoms with E-state index in [4.69, 9.17) is 23.2 Å². The van der Waals surface area contributed by atoms with Gasteiger partial charge in [0.1, 0.15) is 5.69 Å². The van der Waals surface area contributed by atoms with Gasteiger partial charge >= 0.3 is 35.5 Å². The Hall–Kier alpha value is -1.80. The summed E-state index contributed by atoms with van der Waals surface area (Å²) < 4.78 is 0. The third-order valence-electron chi connectivity index (χ3n) is 4.31. The smallest absolute Gasteiger partial charge is 1.00 e. The van der Waals surface area contributed by atoms with Crippen LogP contribution in [0, 0.1) is 0 Å². The normalized spacial score (nSPS) is 15.3. The first-order chi connectivity index (χ1) is 13.0. The number of nitrogens with one attached hydrogen (secondary N) is 2. The van der Waals surface area contributed by atoms with E-state index in [0.29, 0.717) is 37.8 Å². The fourth-order valence-corrected chi connectivity index (χ4v) is 3.71. The fourth-order valence-electron chi connectivity index (χ4n) is 3.11. The third-order valence-corrected chi connectivity index (χ3v) is 4.82. The van der Waals surface area contributed by atoms with Gasteiger partial charge in [0, 0.05) is 33.6 Å². The second kappa shape index (κ2) is 8.29. The topological polar surface area (TPSA) is 85.4 Å². The van der Waals surface area contributed by atoms with E-state index in [1.165, 1.54) is 11.1 Å². The van der Waals surface area contributed by atoms with Crippen LogP contribution in [0.3, 0.4) is 0 Å². The van der Waals surface area contributed by atoms with Crippen LogP contribution in [0.5, 0.6) is 0 Å². The summed E-state index contributed by atoms with van der Waals surface area (Å²) in [5, 5.41) is 12.2. The number of hydrazine groups is 1. The van der Waals surface area contributed by atoms with Crippen molar-refractivity contribution in [2.75, 3.05) is 11.6 Å². The zero-order valence-electron chi connectivity index (χ0n) is 15.8. The molecule has 6 nitrogen and oxygen atoms in total. The number of anilines is 1. The molecule has 1 amide bonds. The van der Waals surface area contributed by atoms with E-state index in [9.17, 15) is 14.7 Å². The van der Waals surface area contributed by atoms with E-state index in [1.54, 1.807) is 24.3 Å². The van der Waals surface area contributed by atoms with Crippen molar-refractivity contribution in [3.05, 3.63) is 69.3 Å². The van der Waals surface area contributed by atoms with Crippen LogP contribution in [-0.4, -0.2) is 28.5 Å². The molecule has 2 heterocycles. The molecule has 3 aromatic rings. The number of aromatic nitrogens is 1. The molecule has 9 heteroatoms. The van der Waals surface area contributed by atoms with Gasteiger partial charge in [-0.25, -0.2) is 15.2 Å². The molecule has 2 aromatic carbocycles. The van der Waals surface area contributed by atoms with Crippen molar-refractivity contribution < 1.29 is 45.7 Å². The van der Waals surface area contributed by atoms with Crippen LogP contribution in [0.15, 0.2) is 48.0 Å². The van der Waals surface area contributed by atoms with Crippen LogP contribution in [-0.2, 0) is 4.79 Å². The summed E-state index contributed by atoms with van der Waals surface area (Å²) in [5.74, 6) is -1.40. The van der Waals surface area contributed by atoms with Gasteiger partial charge in [0.2, 0.25) is 0 Å². The maximum absolute atomic E-state index is 12.8. The zero-order valence-corrected chi connectivity index (χ0v) is 18.3. The minimum absolute atomic E-state index is 0. The number of carboxylic acids is 1. The number of carboxylic acid groups (broad SMARTS) is 1. The van der Waals surface area contributed by atoms with Gasteiger partial charge in [-0.3, -0.25) is 4.79 Å². The Labute approximate surface area is 193 Å². The maximum Gasteiger partial charge on any atom is 1.00 e. The zero-order chi connectivity index (χ0) is 19.1. The van der Waals surface area contributed by atoms with E-state index in [1.807, 2.05) is 18.2 Å². The number of rotatable bonds is 3. The molecular weight excluding hydrogens is 412 g/mol. The summed E-state index contributed by atoms with van der Waals surface area (Å²) in [7, 11) is 0. The van der Waals surface area contributed by atoms with Crippen molar-refractivity contribution in [3.63, 3.8) is 0 Å². The first kappa shape index (κ1) is 20.9. The molecule has 0 radical (unpaired) electrons. The summed E-state index contributed by atoms with van der Waals surface area (Å²) in [5.41, 5.74) is 4.93. The average molecular weight is 426 g/mol. The van der Waals surface area contributed by atoms with Crippen molar-refractivity contribution in [3.8, 4) is 0 Å². The number of hydrogen-bond acceptors (Lipinski definition) is 3. The molecule has 0 aliphatic carbocycles. The third kappa shape index (κ3) is 3.72. The number of carbonyl (C=O) groups is 2. The van der Waals surface area contributed by atoms with Crippen LogP contribution in [0.4, 0.5) is 5.69 Å². The van der Waals surface area contributed by atoms with Gasteiger partial charge in [0.25, 0.3) is 5.91 Å². The molecule has 0 unspecified atom stereocenters. The van der Waals surface area contributed by atoms with Crippen LogP contribution in [0.25, 0.3) is 17.0 Å². The number of aromatic carboxylic acids is 1. The predicted octanol–water partition coefficient (Wildman–Crippen LogP) is 1.22. The van der Waals surface area contributed by atoms with Gasteiger partial charge in [0.05, 0.1) is 10.7 Å². The van der Waals surface area contributed by atoms with E-state index in [0.717, 1.165) is 0 Å². The molecule has 0 atom stereocenters. The van der Waals surface area contributed by atoms with Crippen molar-refractivity contribution in [2.45, 2.75) is 0 Å². The molecule has 28 heavy (non-hydrogen) atoms. The Kier molecular flexibility index (Phi) is 6.19. The molecule has 1 saturated heterocycles. The molecule has 0 saturated carbocycles. The van der Waals surface area contributed by atoms with Crippen molar-refractivity contribution in [1.82, 2.24) is 10.4 Å².